The first-order valence-corrected chi connectivity index (χ1v) is 7.27. The third kappa shape index (κ3) is 1.36. The van der Waals surface area contributed by atoms with E-state index in [2.05, 4.69) is 0 Å². The minimum atomic E-state index is -0.466. The van der Waals surface area contributed by atoms with Crippen LogP contribution in [0.15, 0.2) is 0 Å². The summed E-state index contributed by atoms with van der Waals surface area (Å²) in [6, 6.07) is 0. The van der Waals surface area contributed by atoms with Crippen molar-refractivity contribution in [1.82, 2.24) is 0 Å². The molecule has 0 bridgehead atoms. The molecule has 0 amide bonds. The number of carbonyl (C=O) groups is 2. The Morgan fingerprint density at radius 1 is 1.11 bits per heavy atom. The lowest BCUT2D eigenvalue weighted by molar-refractivity contribution is -0.150. The molecule has 0 aromatic rings. The molecule has 3 nitrogen and oxygen atoms in total. The third-order valence-electron chi connectivity index (χ3n) is 5.90. The van der Waals surface area contributed by atoms with Crippen LogP contribution in [0.25, 0.3) is 0 Å². The molecule has 0 saturated heterocycles. The van der Waals surface area contributed by atoms with Gasteiger partial charge in [0.05, 0.1) is 7.11 Å². The Bertz CT molecular complexity index is 373. The van der Waals surface area contributed by atoms with E-state index in [1.807, 2.05) is 0 Å². The van der Waals surface area contributed by atoms with E-state index in [1.165, 1.54) is 20.0 Å². The van der Waals surface area contributed by atoms with Crippen LogP contribution in [0.1, 0.15) is 57.8 Å². The second-order valence-electron chi connectivity index (χ2n) is 6.42. The van der Waals surface area contributed by atoms with Gasteiger partial charge < -0.3 is 4.74 Å². The van der Waals surface area contributed by atoms with Crippen LogP contribution < -0.4 is 0 Å². The third-order valence-corrected chi connectivity index (χ3v) is 5.90. The molecule has 3 aliphatic rings. The van der Waals surface area contributed by atoms with Crippen molar-refractivity contribution in [2.24, 2.45) is 16.7 Å². The number of ether oxygens (including phenoxy) is 1. The lowest BCUT2D eigenvalue weighted by Gasteiger charge is -2.51. The summed E-state index contributed by atoms with van der Waals surface area (Å²) >= 11 is 0. The second-order valence-corrected chi connectivity index (χ2v) is 6.42. The number of esters is 1. The summed E-state index contributed by atoms with van der Waals surface area (Å²) in [7, 11) is 1.40. The molecule has 0 spiro atoms. The molecule has 1 atom stereocenters. The zero-order chi connectivity index (χ0) is 12.8. The number of rotatable bonds is 1. The van der Waals surface area contributed by atoms with Crippen molar-refractivity contribution in [2.75, 3.05) is 7.11 Å². The smallest absolute Gasteiger partial charge is 0.316 e. The maximum absolute atomic E-state index is 12.8. The van der Waals surface area contributed by atoms with Crippen molar-refractivity contribution in [3.05, 3.63) is 0 Å². The quantitative estimate of drug-likeness (QED) is 0.531. The van der Waals surface area contributed by atoms with Crippen LogP contribution in [0, 0.1) is 16.7 Å². The molecular weight excluding hydrogens is 228 g/mol. The molecule has 0 radical (unpaired) electrons. The van der Waals surface area contributed by atoms with Crippen molar-refractivity contribution >= 4 is 11.8 Å². The summed E-state index contributed by atoms with van der Waals surface area (Å²) in [5, 5.41) is 0. The first-order chi connectivity index (χ1) is 8.65. The fraction of sp³-hybridized carbons (Fsp3) is 0.867. The highest BCUT2D eigenvalue weighted by Gasteiger charge is 2.65. The van der Waals surface area contributed by atoms with E-state index in [0.29, 0.717) is 0 Å². The summed E-state index contributed by atoms with van der Waals surface area (Å²) in [6.07, 6.45) is 9.84. The van der Waals surface area contributed by atoms with Crippen LogP contribution in [0.3, 0.4) is 0 Å². The molecule has 0 aliphatic heterocycles. The Morgan fingerprint density at radius 3 is 2.17 bits per heavy atom. The lowest BCUT2D eigenvalue weighted by atomic mass is 9.51. The predicted octanol–water partition coefficient (Wildman–Crippen LogP) is 2.87. The van der Waals surface area contributed by atoms with E-state index in [-0.39, 0.29) is 22.6 Å². The Hall–Kier alpha value is -0.860. The highest BCUT2D eigenvalue weighted by Crippen LogP contribution is 2.67. The lowest BCUT2D eigenvalue weighted by Crippen LogP contribution is -2.47. The minimum absolute atomic E-state index is 0.138. The maximum Gasteiger partial charge on any atom is 0.316 e. The number of Topliss-reactive ketones (excluding diaryl/α,β-unsaturated/α-hetero) is 1. The summed E-state index contributed by atoms with van der Waals surface area (Å²) in [6.45, 7) is 0. The number of hydrogen-bond acceptors (Lipinski definition) is 3. The standard InChI is InChI=1S/C15H22O3/c1-18-13(17)11-10-14-6-2-4-8-15(14,12(11)16)9-5-3-7-14/h11H,2-10H2,1H3. The molecule has 3 heteroatoms. The highest BCUT2D eigenvalue weighted by molar-refractivity contribution is 6.04. The largest absolute Gasteiger partial charge is 0.468 e. The van der Waals surface area contributed by atoms with Gasteiger partial charge in [0, 0.05) is 5.41 Å². The molecule has 0 N–H and O–H groups in total. The van der Waals surface area contributed by atoms with E-state index in [4.69, 9.17) is 4.74 Å². The Labute approximate surface area is 108 Å². The molecule has 100 valence electrons. The highest BCUT2D eigenvalue weighted by atomic mass is 16.5. The minimum Gasteiger partial charge on any atom is -0.468 e. The number of carbonyl (C=O) groups excluding carboxylic acids is 2. The molecule has 3 fully saturated rings. The zero-order valence-electron chi connectivity index (χ0n) is 11.2. The van der Waals surface area contributed by atoms with Gasteiger partial charge in [0.2, 0.25) is 0 Å². The first kappa shape index (κ1) is 12.2. The number of hydrogen-bond donors (Lipinski definition) is 0. The van der Waals surface area contributed by atoms with E-state index < -0.39 is 5.92 Å². The van der Waals surface area contributed by atoms with Crippen LogP contribution >= 0.6 is 0 Å². The van der Waals surface area contributed by atoms with Crippen LogP contribution in [0.2, 0.25) is 0 Å². The molecule has 0 heterocycles. The molecule has 1 unspecified atom stereocenters. The first-order valence-electron chi connectivity index (χ1n) is 7.27. The monoisotopic (exact) mass is 250 g/mol. The van der Waals surface area contributed by atoms with E-state index >= 15 is 0 Å². The molecule has 18 heavy (non-hydrogen) atoms. The summed E-state index contributed by atoms with van der Waals surface area (Å²) < 4.78 is 4.85. The van der Waals surface area contributed by atoms with Crippen LogP contribution in [0.4, 0.5) is 0 Å². The Balaban J connectivity index is 2.01. The van der Waals surface area contributed by atoms with Gasteiger partial charge in [0.25, 0.3) is 0 Å². The van der Waals surface area contributed by atoms with Crippen molar-refractivity contribution in [3.63, 3.8) is 0 Å². The van der Waals surface area contributed by atoms with Gasteiger partial charge in [0.1, 0.15) is 5.92 Å². The van der Waals surface area contributed by atoms with Crippen molar-refractivity contribution in [1.29, 1.82) is 0 Å². The molecule has 0 aromatic heterocycles. The molecule has 3 rings (SSSR count). The van der Waals surface area contributed by atoms with Gasteiger partial charge in [-0.25, -0.2) is 0 Å². The van der Waals surface area contributed by atoms with Gasteiger partial charge in [-0.05, 0) is 37.5 Å². The van der Waals surface area contributed by atoms with E-state index in [1.54, 1.807) is 0 Å². The fourth-order valence-corrected chi connectivity index (χ4v) is 5.10. The second kappa shape index (κ2) is 4.07. The van der Waals surface area contributed by atoms with Crippen molar-refractivity contribution < 1.29 is 14.3 Å². The summed E-state index contributed by atoms with van der Waals surface area (Å²) in [5.74, 6) is -0.546. The number of ketones is 1. The summed E-state index contributed by atoms with van der Waals surface area (Å²) in [4.78, 5) is 24.7. The van der Waals surface area contributed by atoms with Crippen LogP contribution in [-0.2, 0) is 14.3 Å². The predicted molar refractivity (Wildman–Crippen MR) is 66.9 cm³/mol. The normalized spacial score (nSPS) is 43.2. The number of methoxy groups -OCH3 is 1. The van der Waals surface area contributed by atoms with Gasteiger partial charge in [-0.2, -0.15) is 0 Å². The van der Waals surface area contributed by atoms with Crippen molar-refractivity contribution in [3.8, 4) is 0 Å². The van der Waals surface area contributed by atoms with Gasteiger partial charge >= 0.3 is 5.97 Å². The average molecular weight is 250 g/mol. The summed E-state index contributed by atoms with van der Waals surface area (Å²) in [5.41, 5.74) is -0.0260. The molecule has 0 aromatic carbocycles. The zero-order valence-corrected chi connectivity index (χ0v) is 11.2. The SMILES string of the molecule is COC(=O)C1CC23CCCCC2(CCCC3)C1=O. The van der Waals surface area contributed by atoms with E-state index in [9.17, 15) is 9.59 Å². The van der Waals surface area contributed by atoms with Gasteiger partial charge in [-0.15, -0.1) is 0 Å². The Morgan fingerprint density at radius 2 is 1.67 bits per heavy atom. The van der Waals surface area contributed by atoms with Crippen LogP contribution in [0.5, 0.6) is 0 Å². The fourth-order valence-electron chi connectivity index (χ4n) is 5.10. The topological polar surface area (TPSA) is 43.4 Å². The van der Waals surface area contributed by atoms with Gasteiger partial charge in [-0.1, -0.05) is 25.7 Å². The van der Waals surface area contributed by atoms with Crippen LogP contribution in [-0.4, -0.2) is 18.9 Å². The Kier molecular flexibility index (Phi) is 2.76. The van der Waals surface area contributed by atoms with Gasteiger partial charge in [-0.3, -0.25) is 9.59 Å². The average Bonchev–Trinajstić information content (AvgIpc) is 2.69. The molecular formula is C15H22O3. The van der Waals surface area contributed by atoms with E-state index in [0.717, 1.165) is 44.9 Å². The molecule has 3 saturated carbocycles. The maximum atomic E-state index is 12.8. The molecule has 3 aliphatic carbocycles. The van der Waals surface area contributed by atoms with Gasteiger partial charge in [0.15, 0.2) is 5.78 Å². The van der Waals surface area contributed by atoms with Crippen molar-refractivity contribution in [2.45, 2.75) is 57.8 Å².